The predicted octanol–water partition coefficient (Wildman–Crippen LogP) is 2.44. The molecule has 144 valence electrons. The number of benzene rings is 1. The van der Waals surface area contributed by atoms with Crippen LogP contribution in [0.4, 0.5) is 4.79 Å². The standard InChI is InChI=1S/C19H29N3O3S/c1-3-13-26(24,25)21-9-7-18(8-10-21)22-12-11-20(19(22)23)15-17-6-4-5-16(2)14-17/h4-6,14,18H,3,7-13,15H2,1-2H3. The Morgan fingerprint density at radius 2 is 1.85 bits per heavy atom. The van der Waals surface area contributed by atoms with Gasteiger partial charge in [-0.25, -0.2) is 17.5 Å². The maximum Gasteiger partial charge on any atom is 0.320 e. The molecule has 6 nitrogen and oxygen atoms in total. The number of aryl methyl sites for hydroxylation is 1. The van der Waals surface area contributed by atoms with Gasteiger partial charge in [0.25, 0.3) is 0 Å². The molecule has 1 aromatic rings. The molecule has 0 spiro atoms. The van der Waals surface area contributed by atoms with Crippen molar-refractivity contribution in [3.63, 3.8) is 0 Å². The Kier molecular flexibility index (Phi) is 5.87. The van der Waals surface area contributed by atoms with Crippen molar-refractivity contribution in [2.75, 3.05) is 31.9 Å². The largest absolute Gasteiger partial charge is 0.320 e. The molecule has 0 atom stereocenters. The third-order valence-corrected chi connectivity index (χ3v) is 7.38. The average molecular weight is 380 g/mol. The highest BCUT2D eigenvalue weighted by Gasteiger charge is 2.37. The van der Waals surface area contributed by atoms with Gasteiger partial charge < -0.3 is 9.80 Å². The highest BCUT2D eigenvalue weighted by Crippen LogP contribution is 2.24. The van der Waals surface area contributed by atoms with Crippen molar-refractivity contribution in [2.45, 2.75) is 45.7 Å². The van der Waals surface area contributed by atoms with Crippen LogP contribution in [0.5, 0.6) is 0 Å². The molecule has 2 aliphatic rings. The van der Waals surface area contributed by atoms with Gasteiger partial charge in [-0.15, -0.1) is 0 Å². The summed E-state index contributed by atoms with van der Waals surface area (Å²) in [6.45, 7) is 7.10. The minimum atomic E-state index is -3.13. The molecule has 0 bridgehead atoms. The van der Waals surface area contributed by atoms with E-state index in [1.807, 2.05) is 22.8 Å². The van der Waals surface area contributed by atoms with Crippen LogP contribution in [0.1, 0.15) is 37.3 Å². The first-order chi connectivity index (χ1) is 12.4. The number of nitrogens with zero attached hydrogens (tertiary/aromatic N) is 3. The van der Waals surface area contributed by atoms with Gasteiger partial charge in [-0.1, -0.05) is 36.8 Å². The summed E-state index contributed by atoms with van der Waals surface area (Å²) in [6, 6.07) is 8.49. The second-order valence-corrected chi connectivity index (χ2v) is 9.42. The molecule has 0 saturated carbocycles. The number of rotatable bonds is 6. The van der Waals surface area contributed by atoms with Gasteiger partial charge in [-0.05, 0) is 31.7 Å². The fraction of sp³-hybridized carbons (Fsp3) is 0.632. The zero-order chi connectivity index (χ0) is 18.7. The molecule has 26 heavy (non-hydrogen) atoms. The molecule has 0 aliphatic carbocycles. The molecule has 2 heterocycles. The third-order valence-electron chi connectivity index (χ3n) is 5.30. The maximum atomic E-state index is 12.8. The first-order valence-electron chi connectivity index (χ1n) is 9.49. The molecule has 3 rings (SSSR count). The zero-order valence-electron chi connectivity index (χ0n) is 15.7. The molecule has 0 N–H and O–H groups in total. The van der Waals surface area contributed by atoms with E-state index in [0.29, 0.717) is 26.1 Å². The Balaban J connectivity index is 1.56. The summed E-state index contributed by atoms with van der Waals surface area (Å²) < 4.78 is 26.0. The summed E-state index contributed by atoms with van der Waals surface area (Å²) >= 11 is 0. The fourth-order valence-electron chi connectivity index (χ4n) is 3.94. The number of carbonyl (C=O) groups excluding carboxylic acids is 1. The lowest BCUT2D eigenvalue weighted by Crippen LogP contribution is -2.48. The Bertz CT molecular complexity index is 742. The van der Waals surface area contributed by atoms with Gasteiger partial charge in [0.2, 0.25) is 10.0 Å². The number of hydrogen-bond acceptors (Lipinski definition) is 3. The number of piperidine rings is 1. The normalized spacial score (nSPS) is 20.2. The van der Waals surface area contributed by atoms with Crippen LogP contribution in [0.15, 0.2) is 24.3 Å². The summed E-state index contributed by atoms with van der Waals surface area (Å²) in [6.07, 6.45) is 2.10. The second kappa shape index (κ2) is 7.96. The molecule has 2 saturated heterocycles. The molecular weight excluding hydrogens is 350 g/mol. The van der Waals surface area contributed by atoms with Crippen LogP contribution in [-0.4, -0.2) is 66.5 Å². The molecule has 7 heteroatoms. The molecular formula is C19H29N3O3S. The second-order valence-electron chi connectivity index (χ2n) is 7.33. The molecule has 1 aromatic carbocycles. The molecule has 2 fully saturated rings. The van der Waals surface area contributed by atoms with Gasteiger partial charge in [-0.3, -0.25) is 0 Å². The van der Waals surface area contributed by atoms with E-state index in [4.69, 9.17) is 0 Å². The van der Waals surface area contributed by atoms with E-state index in [1.54, 1.807) is 4.31 Å². The van der Waals surface area contributed by atoms with E-state index >= 15 is 0 Å². The van der Waals surface area contributed by atoms with Crippen molar-refractivity contribution in [2.24, 2.45) is 0 Å². The van der Waals surface area contributed by atoms with E-state index in [-0.39, 0.29) is 17.8 Å². The lowest BCUT2D eigenvalue weighted by molar-refractivity contribution is 0.153. The van der Waals surface area contributed by atoms with Crippen LogP contribution in [0.25, 0.3) is 0 Å². The van der Waals surface area contributed by atoms with Crippen LogP contribution >= 0.6 is 0 Å². The Labute approximate surface area is 156 Å². The minimum absolute atomic E-state index is 0.0846. The van der Waals surface area contributed by atoms with Crippen molar-refractivity contribution >= 4 is 16.1 Å². The summed E-state index contributed by atoms with van der Waals surface area (Å²) in [7, 11) is -3.13. The number of carbonyl (C=O) groups is 1. The smallest absolute Gasteiger partial charge is 0.320 e. The monoisotopic (exact) mass is 379 g/mol. The number of hydrogen-bond donors (Lipinski definition) is 0. The first-order valence-corrected chi connectivity index (χ1v) is 11.1. The van der Waals surface area contributed by atoms with Crippen LogP contribution in [-0.2, 0) is 16.6 Å². The average Bonchev–Trinajstić information content (AvgIpc) is 2.96. The van der Waals surface area contributed by atoms with E-state index in [0.717, 1.165) is 31.5 Å². The molecule has 0 aromatic heterocycles. The van der Waals surface area contributed by atoms with Gasteiger partial charge in [0.15, 0.2) is 0 Å². The van der Waals surface area contributed by atoms with E-state index < -0.39 is 10.0 Å². The Hall–Kier alpha value is -1.60. The van der Waals surface area contributed by atoms with Crippen molar-refractivity contribution in [3.8, 4) is 0 Å². The number of amides is 2. The summed E-state index contributed by atoms with van der Waals surface area (Å²) in [5.74, 6) is 0.213. The van der Waals surface area contributed by atoms with E-state index in [2.05, 4.69) is 25.1 Å². The van der Waals surface area contributed by atoms with Gasteiger partial charge >= 0.3 is 6.03 Å². The zero-order valence-corrected chi connectivity index (χ0v) is 16.5. The van der Waals surface area contributed by atoms with Crippen LogP contribution in [0.2, 0.25) is 0 Å². The summed E-state index contributed by atoms with van der Waals surface area (Å²) in [4.78, 5) is 16.6. The highest BCUT2D eigenvalue weighted by atomic mass is 32.2. The lowest BCUT2D eigenvalue weighted by Gasteiger charge is -2.35. The molecule has 2 aliphatic heterocycles. The Morgan fingerprint density at radius 3 is 2.50 bits per heavy atom. The van der Waals surface area contributed by atoms with Gasteiger partial charge in [-0.2, -0.15) is 0 Å². The van der Waals surface area contributed by atoms with Crippen LogP contribution < -0.4 is 0 Å². The van der Waals surface area contributed by atoms with Crippen molar-refractivity contribution in [1.82, 2.24) is 14.1 Å². The first kappa shape index (κ1) is 19.2. The molecule has 2 amide bonds. The lowest BCUT2D eigenvalue weighted by atomic mass is 10.1. The summed E-state index contributed by atoms with van der Waals surface area (Å²) in [5, 5.41) is 0. The van der Waals surface area contributed by atoms with Crippen molar-refractivity contribution in [3.05, 3.63) is 35.4 Å². The maximum absolute atomic E-state index is 12.8. The fourth-order valence-corrected chi connectivity index (χ4v) is 5.48. The summed E-state index contributed by atoms with van der Waals surface area (Å²) in [5.41, 5.74) is 2.35. The van der Waals surface area contributed by atoms with Crippen molar-refractivity contribution < 1.29 is 13.2 Å². The molecule has 0 unspecified atom stereocenters. The van der Waals surface area contributed by atoms with Crippen LogP contribution in [0.3, 0.4) is 0 Å². The van der Waals surface area contributed by atoms with E-state index in [9.17, 15) is 13.2 Å². The van der Waals surface area contributed by atoms with Crippen LogP contribution in [0, 0.1) is 6.92 Å². The van der Waals surface area contributed by atoms with Gasteiger partial charge in [0, 0.05) is 38.8 Å². The third kappa shape index (κ3) is 4.20. The predicted molar refractivity (Wildman–Crippen MR) is 102 cm³/mol. The number of urea groups is 1. The quantitative estimate of drug-likeness (QED) is 0.763. The van der Waals surface area contributed by atoms with Gasteiger partial charge in [0.05, 0.1) is 5.75 Å². The highest BCUT2D eigenvalue weighted by molar-refractivity contribution is 7.89. The van der Waals surface area contributed by atoms with Crippen molar-refractivity contribution in [1.29, 1.82) is 0 Å². The Morgan fingerprint density at radius 1 is 1.12 bits per heavy atom. The number of sulfonamides is 1. The van der Waals surface area contributed by atoms with Gasteiger partial charge in [0.1, 0.15) is 0 Å². The molecule has 0 radical (unpaired) electrons. The topological polar surface area (TPSA) is 60.9 Å². The van der Waals surface area contributed by atoms with E-state index in [1.165, 1.54) is 5.56 Å². The SMILES string of the molecule is CCCS(=O)(=O)N1CCC(N2CCN(Cc3cccc(C)c3)C2=O)CC1. The minimum Gasteiger partial charge on any atom is -0.320 e.